The van der Waals surface area contributed by atoms with Crippen LogP contribution in [0.25, 0.3) is 0 Å². The van der Waals surface area contributed by atoms with Crippen LogP contribution < -0.4 is 20.1 Å². The third-order valence-corrected chi connectivity index (χ3v) is 4.37. The third-order valence-electron chi connectivity index (χ3n) is 3.43. The monoisotopic (exact) mass is 376 g/mol. The van der Waals surface area contributed by atoms with Gasteiger partial charge in [-0.15, -0.1) is 11.3 Å². The van der Waals surface area contributed by atoms with Crippen molar-refractivity contribution in [3.05, 3.63) is 46.2 Å². The quantitative estimate of drug-likeness (QED) is 0.744. The first kappa shape index (κ1) is 17.7. The standard InChI is InChI=1S/C17H16N2O6S/c20-15(19-17(22)18-6-5-12-2-1-7-26-12)9-23-16(21)11-3-4-13-14(8-11)25-10-24-13/h1-4,7-8H,5-6,9-10H2,(H2,18,19,20,22). The van der Waals surface area contributed by atoms with Crippen molar-refractivity contribution in [3.63, 3.8) is 0 Å². The number of amides is 3. The Morgan fingerprint density at radius 3 is 2.81 bits per heavy atom. The topological polar surface area (TPSA) is 103 Å². The lowest BCUT2D eigenvalue weighted by atomic mass is 10.2. The Balaban J connectivity index is 1.37. The largest absolute Gasteiger partial charge is 0.454 e. The van der Waals surface area contributed by atoms with Gasteiger partial charge in [0, 0.05) is 11.4 Å². The summed E-state index contributed by atoms with van der Waals surface area (Å²) in [6.45, 7) is -0.0694. The first-order valence-electron chi connectivity index (χ1n) is 7.78. The maximum atomic E-state index is 11.9. The number of hydrogen-bond donors (Lipinski definition) is 2. The molecule has 2 heterocycles. The number of thiophene rings is 1. The van der Waals surface area contributed by atoms with Crippen molar-refractivity contribution in [1.82, 2.24) is 10.6 Å². The van der Waals surface area contributed by atoms with Crippen LogP contribution in [-0.2, 0) is 16.0 Å². The van der Waals surface area contributed by atoms with E-state index in [0.29, 0.717) is 24.5 Å². The minimum Gasteiger partial charge on any atom is -0.454 e. The van der Waals surface area contributed by atoms with Crippen LogP contribution in [-0.4, -0.2) is 37.9 Å². The average Bonchev–Trinajstić information content (AvgIpc) is 3.30. The molecule has 1 aromatic carbocycles. The Morgan fingerprint density at radius 1 is 1.15 bits per heavy atom. The Kier molecular flexibility index (Phi) is 5.69. The van der Waals surface area contributed by atoms with Crippen molar-refractivity contribution in [1.29, 1.82) is 0 Å². The second-order valence-corrected chi connectivity index (χ2v) is 6.31. The summed E-state index contributed by atoms with van der Waals surface area (Å²) in [6, 6.07) is 7.82. The van der Waals surface area contributed by atoms with Gasteiger partial charge in [-0.3, -0.25) is 10.1 Å². The number of rotatable bonds is 6. The maximum absolute atomic E-state index is 11.9. The van der Waals surface area contributed by atoms with Gasteiger partial charge < -0.3 is 19.5 Å². The molecule has 2 N–H and O–H groups in total. The zero-order valence-corrected chi connectivity index (χ0v) is 14.5. The number of carbonyl (C=O) groups excluding carboxylic acids is 3. The molecule has 9 heteroatoms. The summed E-state index contributed by atoms with van der Waals surface area (Å²) in [6.07, 6.45) is 0.679. The molecule has 0 unspecified atom stereocenters. The molecular weight excluding hydrogens is 360 g/mol. The Labute approximate surface area is 153 Å². The number of urea groups is 1. The predicted octanol–water partition coefficient (Wildman–Crippen LogP) is 1.70. The van der Waals surface area contributed by atoms with Crippen molar-refractivity contribution in [3.8, 4) is 11.5 Å². The molecule has 0 saturated heterocycles. The number of hydrogen-bond acceptors (Lipinski definition) is 7. The minimum atomic E-state index is -0.715. The van der Waals surface area contributed by atoms with Crippen molar-refractivity contribution in [2.75, 3.05) is 19.9 Å². The van der Waals surface area contributed by atoms with Gasteiger partial charge in [0.25, 0.3) is 5.91 Å². The summed E-state index contributed by atoms with van der Waals surface area (Å²) in [4.78, 5) is 36.4. The highest BCUT2D eigenvalue weighted by atomic mass is 32.1. The molecule has 0 aliphatic carbocycles. The van der Waals surface area contributed by atoms with Gasteiger partial charge in [-0.1, -0.05) is 6.07 Å². The van der Waals surface area contributed by atoms with Crippen molar-refractivity contribution >= 4 is 29.2 Å². The summed E-state index contributed by atoms with van der Waals surface area (Å²) in [5, 5.41) is 6.62. The number of esters is 1. The van der Waals surface area contributed by atoms with Gasteiger partial charge >= 0.3 is 12.0 Å². The lowest BCUT2D eigenvalue weighted by Gasteiger charge is -2.07. The van der Waals surface area contributed by atoms with Crippen LogP contribution in [0.2, 0.25) is 0 Å². The van der Waals surface area contributed by atoms with E-state index in [4.69, 9.17) is 14.2 Å². The van der Waals surface area contributed by atoms with Crippen LogP contribution in [0, 0.1) is 0 Å². The molecule has 1 aliphatic rings. The Morgan fingerprint density at radius 2 is 2.00 bits per heavy atom. The molecule has 3 rings (SSSR count). The van der Waals surface area contributed by atoms with E-state index in [-0.39, 0.29) is 12.4 Å². The number of nitrogens with one attached hydrogen (secondary N) is 2. The molecule has 0 saturated carbocycles. The summed E-state index contributed by atoms with van der Waals surface area (Å²) in [5.41, 5.74) is 0.224. The van der Waals surface area contributed by atoms with E-state index in [2.05, 4.69) is 10.6 Å². The van der Waals surface area contributed by atoms with Gasteiger partial charge in [-0.2, -0.15) is 0 Å². The van der Waals surface area contributed by atoms with Gasteiger partial charge in [-0.05, 0) is 36.1 Å². The summed E-state index contributed by atoms with van der Waals surface area (Å²) < 4.78 is 15.2. The van der Waals surface area contributed by atoms with E-state index in [9.17, 15) is 14.4 Å². The summed E-state index contributed by atoms with van der Waals surface area (Å²) in [7, 11) is 0. The van der Waals surface area contributed by atoms with E-state index in [1.54, 1.807) is 17.4 Å². The molecule has 1 aromatic heterocycles. The van der Waals surface area contributed by atoms with Crippen LogP contribution in [0.3, 0.4) is 0 Å². The smallest absolute Gasteiger partial charge is 0.338 e. The highest BCUT2D eigenvalue weighted by Gasteiger charge is 2.18. The highest BCUT2D eigenvalue weighted by Crippen LogP contribution is 2.32. The van der Waals surface area contributed by atoms with Crippen LogP contribution in [0.5, 0.6) is 11.5 Å². The normalized spacial score (nSPS) is 11.7. The van der Waals surface area contributed by atoms with E-state index in [1.165, 1.54) is 12.1 Å². The lowest BCUT2D eigenvalue weighted by molar-refractivity contribution is -0.123. The van der Waals surface area contributed by atoms with Crippen molar-refractivity contribution in [2.45, 2.75) is 6.42 Å². The molecule has 8 nitrogen and oxygen atoms in total. The van der Waals surface area contributed by atoms with Crippen molar-refractivity contribution in [2.24, 2.45) is 0 Å². The first-order chi connectivity index (χ1) is 12.6. The molecular formula is C17H16N2O6S. The molecule has 0 atom stereocenters. The van der Waals surface area contributed by atoms with Crippen LogP contribution >= 0.6 is 11.3 Å². The van der Waals surface area contributed by atoms with E-state index in [1.807, 2.05) is 17.5 Å². The molecule has 1 aliphatic heterocycles. The fourth-order valence-corrected chi connectivity index (χ4v) is 2.91. The number of imide groups is 1. The van der Waals surface area contributed by atoms with E-state index < -0.39 is 24.5 Å². The molecule has 0 fully saturated rings. The van der Waals surface area contributed by atoms with Gasteiger partial charge in [0.15, 0.2) is 18.1 Å². The van der Waals surface area contributed by atoms with Gasteiger partial charge in [0.05, 0.1) is 5.56 Å². The zero-order chi connectivity index (χ0) is 18.4. The predicted molar refractivity (Wildman–Crippen MR) is 92.4 cm³/mol. The van der Waals surface area contributed by atoms with Crippen molar-refractivity contribution < 1.29 is 28.6 Å². The van der Waals surface area contributed by atoms with Gasteiger partial charge in [-0.25, -0.2) is 9.59 Å². The minimum absolute atomic E-state index is 0.0951. The van der Waals surface area contributed by atoms with E-state index in [0.717, 1.165) is 4.88 Å². The molecule has 0 bridgehead atoms. The Bertz CT molecular complexity index is 806. The Hall–Kier alpha value is -3.07. The molecule has 3 amide bonds. The third kappa shape index (κ3) is 4.73. The van der Waals surface area contributed by atoms with Crippen LogP contribution in [0.15, 0.2) is 35.7 Å². The summed E-state index contributed by atoms with van der Waals surface area (Å²) >= 11 is 1.59. The lowest BCUT2D eigenvalue weighted by Crippen LogP contribution is -2.42. The molecule has 26 heavy (non-hydrogen) atoms. The van der Waals surface area contributed by atoms with E-state index >= 15 is 0 Å². The number of fused-ring (bicyclic) bond motifs is 1. The zero-order valence-electron chi connectivity index (χ0n) is 13.7. The fraction of sp³-hybridized carbons (Fsp3) is 0.235. The van der Waals surface area contributed by atoms with Gasteiger partial charge in [0.2, 0.25) is 6.79 Å². The molecule has 2 aromatic rings. The number of ether oxygens (including phenoxy) is 3. The fourth-order valence-electron chi connectivity index (χ4n) is 2.20. The number of benzene rings is 1. The van der Waals surface area contributed by atoms with Crippen LogP contribution in [0.4, 0.5) is 4.79 Å². The molecule has 136 valence electrons. The maximum Gasteiger partial charge on any atom is 0.338 e. The summed E-state index contributed by atoms with van der Waals surface area (Å²) in [5.74, 6) is -0.434. The molecule has 0 spiro atoms. The average molecular weight is 376 g/mol. The first-order valence-corrected chi connectivity index (χ1v) is 8.66. The number of carbonyl (C=O) groups is 3. The molecule has 0 radical (unpaired) electrons. The SMILES string of the molecule is O=C(COC(=O)c1ccc2c(c1)OCO2)NC(=O)NCCc1cccs1. The second kappa shape index (κ2) is 8.34. The second-order valence-electron chi connectivity index (χ2n) is 5.28. The highest BCUT2D eigenvalue weighted by molar-refractivity contribution is 7.09. The van der Waals surface area contributed by atoms with Crippen LogP contribution in [0.1, 0.15) is 15.2 Å². The van der Waals surface area contributed by atoms with Gasteiger partial charge in [0.1, 0.15) is 0 Å².